The molecule has 0 aliphatic rings. The largest absolute Gasteiger partial charge is 0.462 e. The van der Waals surface area contributed by atoms with Crippen LogP contribution < -0.4 is 0 Å². The maximum Gasteiger partial charge on any atom is 0.348 e. The quantitative estimate of drug-likeness (QED) is 0.467. The summed E-state index contributed by atoms with van der Waals surface area (Å²) in [6.07, 6.45) is 1.98. The van der Waals surface area contributed by atoms with E-state index in [1.807, 2.05) is 12.1 Å². The zero-order valence-corrected chi connectivity index (χ0v) is 10.5. The van der Waals surface area contributed by atoms with Gasteiger partial charge in [0.2, 0.25) is 0 Å². The van der Waals surface area contributed by atoms with Crippen molar-refractivity contribution in [1.82, 2.24) is 0 Å². The molecule has 0 saturated heterocycles. The van der Waals surface area contributed by atoms with Crippen LogP contribution in [0.3, 0.4) is 0 Å². The molecule has 0 fully saturated rings. The summed E-state index contributed by atoms with van der Waals surface area (Å²) >= 11 is 4.82. The standard InChI is InChI=1S/C10H13BrO2S/c1-2-3-6-13-10(12)9-5-4-8(7-11)14-9/h4-5H,2-3,6-7H2,1H3. The van der Waals surface area contributed by atoms with Gasteiger partial charge in [0.25, 0.3) is 0 Å². The van der Waals surface area contributed by atoms with Crippen molar-refractivity contribution < 1.29 is 9.53 Å². The van der Waals surface area contributed by atoms with Crippen molar-refractivity contribution in [2.45, 2.75) is 25.1 Å². The molecule has 1 aromatic rings. The molecule has 4 heteroatoms. The molecule has 1 aromatic heterocycles. The van der Waals surface area contributed by atoms with E-state index in [2.05, 4.69) is 22.9 Å². The van der Waals surface area contributed by atoms with Crippen LogP contribution in [0.2, 0.25) is 0 Å². The van der Waals surface area contributed by atoms with Gasteiger partial charge in [-0.3, -0.25) is 0 Å². The van der Waals surface area contributed by atoms with Gasteiger partial charge in [0, 0.05) is 10.2 Å². The number of carbonyl (C=O) groups is 1. The van der Waals surface area contributed by atoms with Gasteiger partial charge in [0.15, 0.2) is 0 Å². The topological polar surface area (TPSA) is 26.3 Å². The average molecular weight is 277 g/mol. The number of hydrogen-bond donors (Lipinski definition) is 0. The van der Waals surface area contributed by atoms with Gasteiger partial charge in [0.1, 0.15) is 4.88 Å². The van der Waals surface area contributed by atoms with E-state index in [0.29, 0.717) is 11.5 Å². The lowest BCUT2D eigenvalue weighted by atomic mass is 10.4. The van der Waals surface area contributed by atoms with Gasteiger partial charge in [0.05, 0.1) is 6.61 Å². The van der Waals surface area contributed by atoms with E-state index < -0.39 is 0 Å². The Morgan fingerprint density at radius 1 is 1.57 bits per heavy atom. The molecule has 0 saturated carbocycles. The Bertz CT molecular complexity index is 296. The third kappa shape index (κ3) is 3.42. The van der Waals surface area contributed by atoms with E-state index in [9.17, 15) is 4.79 Å². The first-order chi connectivity index (χ1) is 6.77. The van der Waals surface area contributed by atoms with Crippen LogP contribution in [0.4, 0.5) is 0 Å². The number of hydrogen-bond acceptors (Lipinski definition) is 3. The molecular weight excluding hydrogens is 264 g/mol. The van der Waals surface area contributed by atoms with E-state index in [1.54, 1.807) is 0 Å². The number of thiophene rings is 1. The summed E-state index contributed by atoms with van der Waals surface area (Å²) < 4.78 is 5.08. The maximum absolute atomic E-state index is 11.4. The highest BCUT2D eigenvalue weighted by molar-refractivity contribution is 9.08. The molecule has 0 amide bonds. The molecular formula is C10H13BrO2S. The third-order valence-electron chi connectivity index (χ3n) is 1.73. The number of rotatable bonds is 5. The van der Waals surface area contributed by atoms with Gasteiger partial charge < -0.3 is 4.74 Å². The van der Waals surface area contributed by atoms with Gasteiger partial charge in [-0.15, -0.1) is 11.3 Å². The fourth-order valence-corrected chi connectivity index (χ4v) is 2.22. The Morgan fingerprint density at radius 3 is 2.93 bits per heavy atom. The summed E-state index contributed by atoms with van der Waals surface area (Å²) in [6, 6.07) is 3.76. The van der Waals surface area contributed by atoms with Gasteiger partial charge >= 0.3 is 5.97 Å². The second-order valence-corrected chi connectivity index (χ2v) is 4.62. The van der Waals surface area contributed by atoms with Crippen molar-refractivity contribution in [3.63, 3.8) is 0 Å². The SMILES string of the molecule is CCCCOC(=O)c1ccc(CBr)s1. The molecule has 0 N–H and O–H groups in total. The van der Waals surface area contributed by atoms with Gasteiger partial charge in [-0.25, -0.2) is 4.79 Å². The molecule has 1 heterocycles. The molecule has 0 unspecified atom stereocenters. The molecule has 0 aromatic carbocycles. The first-order valence-electron chi connectivity index (χ1n) is 4.59. The van der Waals surface area contributed by atoms with Crippen molar-refractivity contribution in [3.8, 4) is 0 Å². The molecule has 0 atom stereocenters. The van der Waals surface area contributed by atoms with Crippen LogP contribution in [0.25, 0.3) is 0 Å². The van der Waals surface area contributed by atoms with Crippen LogP contribution >= 0.6 is 27.3 Å². The first kappa shape index (κ1) is 11.7. The number of carbonyl (C=O) groups excluding carboxylic acids is 1. The summed E-state index contributed by atoms with van der Waals surface area (Å²) in [5.74, 6) is -0.198. The van der Waals surface area contributed by atoms with Crippen LogP contribution in [-0.2, 0) is 10.1 Å². The number of esters is 1. The highest BCUT2D eigenvalue weighted by Gasteiger charge is 2.09. The molecule has 2 nitrogen and oxygen atoms in total. The Kier molecular flexibility index (Phi) is 5.19. The van der Waals surface area contributed by atoms with Crippen LogP contribution in [-0.4, -0.2) is 12.6 Å². The molecule has 78 valence electrons. The average Bonchev–Trinajstić information content (AvgIpc) is 2.66. The number of halogens is 1. The van der Waals surface area contributed by atoms with Gasteiger partial charge in [-0.05, 0) is 18.6 Å². The fraction of sp³-hybridized carbons (Fsp3) is 0.500. The minimum Gasteiger partial charge on any atom is -0.462 e. The molecule has 1 rings (SSSR count). The van der Waals surface area contributed by atoms with E-state index >= 15 is 0 Å². The predicted octanol–water partition coefficient (Wildman–Crippen LogP) is 3.60. The first-order valence-corrected chi connectivity index (χ1v) is 6.53. The lowest BCUT2D eigenvalue weighted by Crippen LogP contribution is -2.03. The summed E-state index contributed by atoms with van der Waals surface area (Å²) in [5, 5.41) is 0.792. The molecule has 0 bridgehead atoms. The Balaban J connectivity index is 2.44. The van der Waals surface area contributed by atoms with Crippen molar-refractivity contribution in [2.75, 3.05) is 6.61 Å². The Morgan fingerprint density at radius 2 is 2.36 bits per heavy atom. The third-order valence-corrected chi connectivity index (χ3v) is 3.77. The lowest BCUT2D eigenvalue weighted by molar-refractivity contribution is 0.0505. The summed E-state index contributed by atoms with van der Waals surface area (Å²) in [6.45, 7) is 2.60. The number of ether oxygens (including phenoxy) is 1. The Hall–Kier alpha value is -0.350. The summed E-state index contributed by atoms with van der Waals surface area (Å²) in [4.78, 5) is 13.3. The van der Waals surface area contributed by atoms with Gasteiger partial charge in [-0.2, -0.15) is 0 Å². The van der Waals surface area contributed by atoms with Crippen LogP contribution in [0.1, 0.15) is 34.3 Å². The zero-order valence-electron chi connectivity index (χ0n) is 8.09. The minimum absolute atomic E-state index is 0.198. The summed E-state index contributed by atoms with van der Waals surface area (Å²) in [7, 11) is 0. The highest BCUT2D eigenvalue weighted by Crippen LogP contribution is 2.19. The lowest BCUT2D eigenvalue weighted by Gasteiger charge is -2.00. The monoisotopic (exact) mass is 276 g/mol. The van der Waals surface area contributed by atoms with Crippen molar-refractivity contribution in [1.29, 1.82) is 0 Å². The fourth-order valence-electron chi connectivity index (χ4n) is 0.940. The highest BCUT2D eigenvalue weighted by atomic mass is 79.9. The van der Waals surface area contributed by atoms with Crippen LogP contribution in [0, 0.1) is 0 Å². The minimum atomic E-state index is -0.198. The van der Waals surface area contributed by atoms with E-state index in [0.717, 1.165) is 23.0 Å². The number of alkyl halides is 1. The number of unbranched alkanes of at least 4 members (excludes halogenated alkanes) is 1. The molecule has 0 aliphatic carbocycles. The summed E-state index contributed by atoms with van der Waals surface area (Å²) in [5.41, 5.74) is 0. The predicted molar refractivity (Wildman–Crippen MR) is 62.1 cm³/mol. The van der Waals surface area contributed by atoms with Crippen molar-refractivity contribution in [3.05, 3.63) is 21.9 Å². The second kappa shape index (κ2) is 6.19. The molecule has 0 spiro atoms. The molecule has 0 radical (unpaired) electrons. The molecule has 14 heavy (non-hydrogen) atoms. The van der Waals surface area contributed by atoms with Crippen LogP contribution in [0.15, 0.2) is 12.1 Å². The maximum atomic E-state index is 11.4. The smallest absolute Gasteiger partial charge is 0.348 e. The Labute approximate surface area is 96.4 Å². The van der Waals surface area contributed by atoms with Gasteiger partial charge in [-0.1, -0.05) is 29.3 Å². The normalized spacial score (nSPS) is 10.1. The van der Waals surface area contributed by atoms with E-state index in [1.165, 1.54) is 11.3 Å². The van der Waals surface area contributed by atoms with E-state index in [-0.39, 0.29) is 5.97 Å². The molecule has 0 aliphatic heterocycles. The van der Waals surface area contributed by atoms with E-state index in [4.69, 9.17) is 4.74 Å². The second-order valence-electron chi connectivity index (χ2n) is 2.89. The zero-order chi connectivity index (χ0) is 10.4. The van der Waals surface area contributed by atoms with Crippen molar-refractivity contribution in [2.24, 2.45) is 0 Å². The van der Waals surface area contributed by atoms with Crippen LogP contribution in [0.5, 0.6) is 0 Å². The van der Waals surface area contributed by atoms with Crippen molar-refractivity contribution >= 4 is 33.2 Å².